The second-order valence-electron chi connectivity index (χ2n) is 5.55. The SMILES string of the molecule is CCc1n[nH]c(=O)c(-c2nc(C3CCCOC3)cs2)c1CC. The molecule has 1 unspecified atom stereocenters. The Balaban J connectivity index is 2.01. The summed E-state index contributed by atoms with van der Waals surface area (Å²) in [5, 5.41) is 9.66. The topological polar surface area (TPSA) is 67.9 Å². The molecule has 5 nitrogen and oxygen atoms in total. The zero-order valence-electron chi connectivity index (χ0n) is 13.0. The molecule has 0 spiro atoms. The van der Waals surface area contributed by atoms with E-state index >= 15 is 0 Å². The molecule has 0 amide bonds. The highest BCUT2D eigenvalue weighted by molar-refractivity contribution is 7.13. The molecular weight excluding hydrogens is 298 g/mol. The molecule has 3 rings (SSSR count). The number of nitrogens with one attached hydrogen (secondary N) is 1. The van der Waals surface area contributed by atoms with Crippen LogP contribution >= 0.6 is 11.3 Å². The van der Waals surface area contributed by atoms with Crippen LogP contribution in [0.3, 0.4) is 0 Å². The Bertz CT molecular complexity index is 702. The van der Waals surface area contributed by atoms with Gasteiger partial charge < -0.3 is 4.74 Å². The number of aryl methyl sites for hydroxylation is 1. The van der Waals surface area contributed by atoms with Crippen molar-refractivity contribution in [2.45, 2.75) is 45.4 Å². The summed E-state index contributed by atoms with van der Waals surface area (Å²) < 4.78 is 5.54. The molecule has 1 aliphatic rings. The summed E-state index contributed by atoms with van der Waals surface area (Å²) in [4.78, 5) is 17.0. The first kappa shape index (κ1) is 15.4. The third-order valence-corrected chi connectivity index (χ3v) is 5.05. The third-order valence-electron chi connectivity index (χ3n) is 4.17. The quantitative estimate of drug-likeness (QED) is 0.941. The largest absolute Gasteiger partial charge is 0.381 e. The van der Waals surface area contributed by atoms with Crippen molar-refractivity contribution < 1.29 is 4.74 Å². The fraction of sp³-hybridized carbons (Fsp3) is 0.562. The maximum atomic E-state index is 12.3. The van der Waals surface area contributed by atoms with E-state index in [2.05, 4.69) is 29.4 Å². The van der Waals surface area contributed by atoms with Crippen molar-refractivity contribution in [3.8, 4) is 10.6 Å². The first-order chi connectivity index (χ1) is 10.7. The molecule has 0 saturated carbocycles. The number of hydrogen-bond donors (Lipinski definition) is 1. The van der Waals surface area contributed by atoms with Crippen LogP contribution in [0.5, 0.6) is 0 Å². The molecule has 3 heterocycles. The van der Waals surface area contributed by atoms with E-state index in [0.717, 1.165) is 60.9 Å². The van der Waals surface area contributed by atoms with Crippen molar-refractivity contribution in [2.24, 2.45) is 0 Å². The van der Waals surface area contributed by atoms with Gasteiger partial charge >= 0.3 is 0 Å². The van der Waals surface area contributed by atoms with Crippen molar-refractivity contribution in [2.75, 3.05) is 13.2 Å². The van der Waals surface area contributed by atoms with Gasteiger partial charge in [-0.3, -0.25) is 4.79 Å². The summed E-state index contributed by atoms with van der Waals surface area (Å²) in [6, 6.07) is 0. The van der Waals surface area contributed by atoms with Gasteiger partial charge in [0.05, 0.1) is 23.6 Å². The lowest BCUT2D eigenvalue weighted by molar-refractivity contribution is 0.0795. The first-order valence-corrected chi connectivity index (χ1v) is 8.76. The summed E-state index contributed by atoms with van der Waals surface area (Å²) in [6.45, 7) is 5.69. The van der Waals surface area contributed by atoms with Crippen LogP contribution in [0.4, 0.5) is 0 Å². The fourth-order valence-corrected chi connectivity index (χ4v) is 3.95. The molecule has 0 aliphatic carbocycles. The Hall–Kier alpha value is -1.53. The second-order valence-corrected chi connectivity index (χ2v) is 6.41. The van der Waals surface area contributed by atoms with Gasteiger partial charge in [0.2, 0.25) is 0 Å². The van der Waals surface area contributed by atoms with Gasteiger partial charge in [0.25, 0.3) is 5.56 Å². The standard InChI is InChI=1S/C16H21N3O2S/c1-3-11-12(4-2)18-19-15(20)14(11)16-17-13(9-22-16)10-6-5-7-21-8-10/h9-10H,3-8H2,1-2H3,(H,19,20). The van der Waals surface area contributed by atoms with E-state index in [1.807, 2.05) is 0 Å². The van der Waals surface area contributed by atoms with Crippen LogP contribution in [0.25, 0.3) is 10.6 Å². The molecule has 2 aromatic heterocycles. The minimum absolute atomic E-state index is 0.144. The van der Waals surface area contributed by atoms with Crippen molar-refractivity contribution >= 4 is 11.3 Å². The van der Waals surface area contributed by atoms with E-state index < -0.39 is 0 Å². The van der Waals surface area contributed by atoms with Gasteiger partial charge in [-0.15, -0.1) is 11.3 Å². The number of thiazole rings is 1. The molecule has 1 saturated heterocycles. The average molecular weight is 319 g/mol. The van der Waals surface area contributed by atoms with Gasteiger partial charge in [0.15, 0.2) is 0 Å². The summed E-state index contributed by atoms with van der Waals surface area (Å²) >= 11 is 1.54. The first-order valence-electron chi connectivity index (χ1n) is 7.88. The number of rotatable bonds is 4. The molecule has 0 aromatic carbocycles. The summed E-state index contributed by atoms with van der Waals surface area (Å²) in [6.07, 6.45) is 3.78. The predicted molar refractivity (Wildman–Crippen MR) is 87.5 cm³/mol. The Kier molecular flexibility index (Phi) is 4.69. The number of aromatic nitrogens is 3. The van der Waals surface area contributed by atoms with E-state index in [9.17, 15) is 4.79 Å². The predicted octanol–water partition coefficient (Wildman–Crippen LogP) is 2.91. The van der Waals surface area contributed by atoms with Crippen LogP contribution in [0, 0.1) is 0 Å². The second kappa shape index (κ2) is 6.71. The van der Waals surface area contributed by atoms with Gasteiger partial charge in [-0.2, -0.15) is 5.10 Å². The van der Waals surface area contributed by atoms with Gasteiger partial charge in [-0.1, -0.05) is 13.8 Å². The Morgan fingerprint density at radius 1 is 1.41 bits per heavy atom. The molecule has 118 valence electrons. The minimum Gasteiger partial charge on any atom is -0.381 e. The van der Waals surface area contributed by atoms with E-state index in [1.165, 1.54) is 0 Å². The van der Waals surface area contributed by atoms with Gasteiger partial charge in [0, 0.05) is 17.9 Å². The summed E-state index contributed by atoms with van der Waals surface area (Å²) in [7, 11) is 0. The van der Waals surface area contributed by atoms with E-state index in [-0.39, 0.29) is 5.56 Å². The molecule has 2 aromatic rings. The van der Waals surface area contributed by atoms with Crippen LogP contribution in [-0.2, 0) is 17.6 Å². The highest BCUT2D eigenvalue weighted by Gasteiger charge is 2.22. The maximum Gasteiger partial charge on any atom is 0.274 e. The number of nitrogens with zero attached hydrogens (tertiary/aromatic N) is 2. The van der Waals surface area contributed by atoms with Crippen molar-refractivity contribution in [1.82, 2.24) is 15.2 Å². The van der Waals surface area contributed by atoms with Crippen molar-refractivity contribution in [1.29, 1.82) is 0 Å². The van der Waals surface area contributed by atoms with Gasteiger partial charge in [-0.05, 0) is 31.2 Å². The number of hydrogen-bond acceptors (Lipinski definition) is 5. The highest BCUT2D eigenvalue weighted by atomic mass is 32.1. The Morgan fingerprint density at radius 3 is 2.95 bits per heavy atom. The van der Waals surface area contributed by atoms with Gasteiger partial charge in [0.1, 0.15) is 5.01 Å². The molecule has 1 fully saturated rings. The molecule has 1 atom stereocenters. The van der Waals surface area contributed by atoms with Crippen LogP contribution in [0.15, 0.2) is 10.2 Å². The van der Waals surface area contributed by atoms with Crippen molar-refractivity contribution in [3.05, 3.63) is 32.7 Å². The molecular formula is C16H21N3O2S. The number of ether oxygens (including phenoxy) is 1. The number of aromatic amines is 1. The van der Waals surface area contributed by atoms with Crippen LogP contribution in [0.1, 0.15) is 49.6 Å². The Morgan fingerprint density at radius 2 is 2.27 bits per heavy atom. The Labute approximate surface area is 133 Å². The van der Waals surface area contributed by atoms with Crippen LogP contribution in [0.2, 0.25) is 0 Å². The van der Waals surface area contributed by atoms with Crippen LogP contribution in [-0.4, -0.2) is 28.4 Å². The van der Waals surface area contributed by atoms with E-state index in [0.29, 0.717) is 11.5 Å². The lowest BCUT2D eigenvalue weighted by Crippen LogP contribution is -2.17. The zero-order valence-corrected chi connectivity index (χ0v) is 13.8. The lowest BCUT2D eigenvalue weighted by atomic mass is 9.99. The molecule has 6 heteroatoms. The molecule has 1 N–H and O–H groups in total. The monoisotopic (exact) mass is 319 g/mol. The van der Waals surface area contributed by atoms with Crippen molar-refractivity contribution in [3.63, 3.8) is 0 Å². The molecule has 1 aliphatic heterocycles. The molecule has 0 radical (unpaired) electrons. The highest BCUT2D eigenvalue weighted by Crippen LogP contribution is 2.31. The number of H-pyrrole nitrogens is 1. The third kappa shape index (κ3) is 2.85. The molecule has 22 heavy (non-hydrogen) atoms. The minimum atomic E-state index is -0.144. The molecule has 0 bridgehead atoms. The summed E-state index contributed by atoms with van der Waals surface area (Å²) in [5.41, 5.74) is 3.58. The lowest BCUT2D eigenvalue weighted by Gasteiger charge is -2.20. The zero-order chi connectivity index (χ0) is 15.5. The fourth-order valence-electron chi connectivity index (χ4n) is 2.98. The average Bonchev–Trinajstić information content (AvgIpc) is 3.04. The normalized spacial score (nSPS) is 18.5. The smallest absolute Gasteiger partial charge is 0.274 e. The van der Waals surface area contributed by atoms with E-state index in [4.69, 9.17) is 9.72 Å². The van der Waals surface area contributed by atoms with Crippen LogP contribution < -0.4 is 5.56 Å². The summed E-state index contributed by atoms with van der Waals surface area (Å²) in [5.74, 6) is 0.357. The van der Waals surface area contributed by atoms with Gasteiger partial charge in [-0.25, -0.2) is 10.1 Å². The van der Waals surface area contributed by atoms with E-state index in [1.54, 1.807) is 11.3 Å². The maximum absolute atomic E-state index is 12.3.